The van der Waals surface area contributed by atoms with E-state index in [1.54, 1.807) is 6.07 Å². The molecule has 0 aliphatic rings. The molecule has 0 saturated carbocycles. The molecular formula is C20H33N3O2. The van der Waals surface area contributed by atoms with E-state index in [9.17, 15) is 9.59 Å². The van der Waals surface area contributed by atoms with Gasteiger partial charge in [-0.3, -0.25) is 9.59 Å². The second-order valence-electron chi connectivity index (χ2n) is 6.62. The molecule has 0 heterocycles. The molecule has 25 heavy (non-hydrogen) atoms. The monoisotopic (exact) mass is 347 g/mol. The Kier molecular flexibility index (Phi) is 9.03. The van der Waals surface area contributed by atoms with Gasteiger partial charge in [-0.2, -0.15) is 0 Å². The second kappa shape index (κ2) is 10.7. The Labute approximate surface area is 152 Å². The summed E-state index contributed by atoms with van der Waals surface area (Å²) in [5.41, 5.74) is 2.09. The molecule has 5 nitrogen and oxygen atoms in total. The highest BCUT2D eigenvalue weighted by atomic mass is 16.2. The summed E-state index contributed by atoms with van der Waals surface area (Å²) in [6.07, 6.45) is 4.75. The number of rotatable bonds is 10. The van der Waals surface area contributed by atoms with E-state index in [1.807, 2.05) is 45.0 Å². The fraction of sp³-hybridized carbons (Fsp3) is 0.600. The van der Waals surface area contributed by atoms with Crippen molar-refractivity contribution in [3.05, 3.63) is 23.8 Å². The van der Waals surface area contributed by atoms with Crippen LogP contribution in [0.25, 0.3) is 0 Å². The Bertz CT molecular complexity index is 570. The van der Waals surface area contributed by atoms with Crippen LogP contribution in [-0.4, -0.2) is 32.5 Å². The molecule has 0 bridgehead atoms. The number of nitrogens with zero attached hydrogens (tertiary/aromatic N) is 1. The lowest BCUT2D eigenvalue weighted by atomic mass is 9.98. The smallest absolute Gasteiger partial charge is 0.253 e. The standard InChI is InChI=1S/C20H33N3O2/c1-6-9-10-15(8-3)19(24)22-16-11-12-18(23(4)5)17(14-16)20(25)21-13-7-2/h11-12,14-15H,6-10,13H2,1-5H3,(H,21,25)(H,22,24)/t15-/m0/s1. The summed E-state index contributed by atoms with van der Waals surface area (Å²) < 4.78 is 0. The van der Waals surface area contributed by atoms with Crippen LogP contribution in [0.4, 0.5) is 11.4 Å². The third-order valence-corrected chi connectivity index (χ3v) is 4.30. The zero-order valence-electron chi connectivity index (χ0n) is 16.3. The van der Waals surface area contributed by atoms with E-state index < -0.39 is 0 Å². The van der Waals surface area contributed by atoms with Crippen molar-refractivity contribution in [3.63, 3.8) is 0 Å². The zero-order valence-corrected chi connectivity index (χ0v) is 16.3. The minimum Gasteiger partial charge on any atom is -0.377 e. The Hall–Kier alpha value is -2.04. The minimum absolute atomic E-state index is 0.0193. The van der Waals surface area contributed by atoms with Crippen LogP contribution < -0.4 is 15.5 Å². The lowest BCUT2D eigenvalue weighted by molar-refractivity contribution is -0.120. The molecule has 2 N–H and O–H groups in total. The van der Waals surface area contributed by atoms with Gasteiger partial charge in [-0.1, -0.05) is 33.6 Å². The molecule has 0 fully saturated rings. The Morgan fingerprint density at radius 3 is 2.40 bits per heavy atom. The molecule has 1 rings (SSSR count). The van der Waals surface area contributed by atoms with Gasteiger partial charge >= 0.3 is 0 Å². The average molecular weight is 348 g/mol. The van der Waals surface area contributed by atoms with Crippen molar-refractivity contribution in [2.75, 3.05) is 30.9 Å². The summed E-state index contributed by atoms with van der Waals surface area (Å²) in [4.78, 5) is 26.9. The maximum atomic E-state index is 12.5. The summed E-state index contributed by atoms with van der Waals surface area (Å²) in [7, 11) is 3.81. The highest BCUT2D eigenvalue weighted by Crippen LogP contribution is 2.24. The maximum Gasteiger partial charge on any atom is 0.253 e. The van der Waals surface area contributed by atoms with Gasteiger partial charge in [-0.05, 0) is 37.5 Å². The van der Waals surface area contributed by atoms with Crippen LogP contribution in [0.1, 0.15) is 63.2 Å². The normalized spacial score (nSPS) is 11.7. The molecule has 0 aliphatic heterocycles. The van der Waals surface area contributed by atoms with Gasteiger partial charge in [0.15, 0.2) is 0 Å². The number of nitrogens with one attached hydrogen (secondary N) is 2. The lowest BCUT2D eigenvalue weighted by Gasteiger charge is -2.19. The van der Waals surface area contributed by atoms with Gasteiger partial charge in [0.05, 0.1) is 5.56 Å². The molecule has 1 aromatic carbocycles. The van der Waals surface area contributed by atoms with Gasteiger partial charge in [-0.25, -0.2) is 0 Å². The lowest BCUT2D eigenvalue weighted by Crippen LogP contribution is -2.27. The molecule has 1 atom stereocenters. The Morgan fingerprint density at radius 1 is 1.12 bits per heavy atom. The van der Waals surface area contributed by atoms with Crippen molar-refractivity contribution < 1.29 is 9.59 Å². The van der Waals surface area contributed by atoms with E-state index in [4.69, 9.17) is 0 Å². The first-order valence-corrected chi connectivity index (χ1v) is 9.34. The Balaban J connectivity index is 2.97. The van der Waals surface area contributed by atoms with Crippen molar-refractivity contribution in [2.45, 2.75) is 52.9 Å². The van der Waals surface area contributed by atoms with Crippen molar-refractivity contribution in [2.24, 2.45) is 5.92 Å². The van der Waals surface area contributed by atoms with E-state index in [0.717, 1.165) is 37.8 Å². The summed E-state index contributed by atoms with van der Waals surface area (Å²) in [6.45, 7) is 6.83. The van der Waals surface area contributed by atoms with Gasteiger partial charge in [0.2, 0.25) is 5.91 Å². The van der Waals surface area contributed by atoms with Crippen LogP contribution in [-0.2, 0) is 4.79 Å². The molecule has 0 aliphatic carbocycles. The van der Waals surface area contributed by atoms with E-state index in [-0.39, 0.29) is 17.7 Å². The van der Waals surface area contributed by atoms with E-state index in [0.29, 0.717) is 17.8 Å². The van der Waals surface area contributed by atoms with Crippen LogP contribution in [0.3, 0.4) is 0 Å². The van der Waals surface area contributed by atoms with Crippen molar-refractivity contribution in [1.82, 2.24) is 5.32 Å². The SMILES string of the molecule is CCCC[C@H](CC)C(=O)Nc1ccc(N(C)C)c(C(=O)NCCC)c1. The molecule has 140 valence electrons. The average Bonchev–Trinajstić information content (AvgIpc) is 2.60. The van der Waals surface area contributed by atoms with Crippen molar-refractivity contribution in [3.8, 4) is 0 Å². The third-order valence-electron chi connectivity index (χ3n) is 4.30. The molecule has 0 radical (unpaired) electrons. The van der Waals surface area contributed by atoms with Crippen molar-refractivity contribution in [1.29, 1.82) is 0 Å². The molecule has 1 aromatic rings. The van der Waals surface area contributed by atoms with Gasteiger partial charge in [0.1, 0.15) is 0 Å². The number of carbonyl (C=O) groups is 2. The number of carbonyl (C=O) groups excluding carboxylic acids is 2. The molecule has 0 aromatic heterocycles. The van der Waals surface area contributed by atoms with E-state index in [1.165, 1.54) is 0 Å². The summed E-state index contributed by atoms with van der Waals surface area (Å²) in [5.74, 6) is -0.0565. The van der Waals surface area contributed by atoms with E-state index in [2.05, 4.69) is 17.6 Å². The first-order valence-electron chi connectivity index (χ1n) is 9.34. The number of unbranched alkanes of at least 4 members (excludes halogenated alkanes) is 1. The molecule has 0 spiro atoms. The molecule has 2 amide bonds. The quantitative estimate of drug-likeness (QED) is 0.671. The third kappa shape index (κ3) is 6.40. The second-order valence-corrected chi connectivity index (χ2v) is 6.62. The summed E-state index contributed by atoms with van der Waals surface area (Å²) in [5, 5.41) is 5.89. The first kappa shape index (κ1) is 21.0. The number of anilines is 2. The highest BCUT2D eigenvalue weighted by Gasteiger charge is 2.18. The van der Waals surface area contributed by atoms with Crippen LogP contribution in [0.2, 0.25) is 0 Å². The van der Waals surface area contributed by atoms with Crippen LogP contribution in [0.15, 0.2) is 18.2 Å². The number of amides is 2. The topological polar surface area (TPSA) is 61.4 Å². The largest absolute Gasteiger partial charge is 0.377 e. The molecule has 0 saturated heterocycles. The Morgan fingerprint density at radius 2 is 1.84 bits per heavy atom. The van der Waals surface area contributed by atoms with Gasteiger partial charge in [0, 0.05) is 37.9 Å². The molecule has 5 heteroatoms. The van der Waals surface area contributed by atoms with Crippen LogP contribution >= 0.6 is 0 Å². The van der Waals surface area contributed by atoms with Gasteiger partial charge < -0.3 is 15.5 Å². The zero-order chi connectivity index (χ0) is 18.8. The fourth-order valence-electron chi connectivity index (χ4n) is 2.73. The van der Waals surface area contributed by atoms with Crippen molar-refractivity contribution >= 4 is 23.2 Å². The summed E-state index contributed by atoms with van der Waals surface area (Å²) >= 11 is 0. The van der Waals surface area contributed by atoms with Crippen LogP contribution in [0, 0.1) is 5.92 Å². The number of benzene rings is 1. The number of hydrogen-bond acceptors (Lipinski definition) is 3. The van der Waals surface area contributed by atoms with Gasteiger partial charge in [0.25, 0.3) is 5.91 Å². The molecule has 0 unspecified atom stereocenters. The van der Waals surface area contributed by atoms with Crippen LogP contribution in [0.5, 0.6) is 0 Å². The molecular weight excluding hydrogens is 314 g/mol. The maximum absolute atomic E-state index is 12.5. The van der Waals surface area contributed by atoms with E-state index >= 15 is 0 Å². The summed E-state index contributed by atoms with van der Waals surface area (Å²) in [6, 6.07) is 5.50. The minimum atomic E-state index is -0.111. The first-order chi connectivity index (χ1) is 11.9. The predicted molar refractivity (Wildman–Crippen MR) is 105 cm³/mol. The number of hydrogen-bond donors (Lipinski definition) is 2. The fourth-order valence-corrected chi connectivity index (χ4v) is 2.73. The highest BCUT2D eigenvalue weighted by molar-refractivity contribution is 6.02. The predicted octanol–water partition coefficient (Wildman–Crippen LogP) is 4.05. The van der Waals surface area contributed by atoms with Gasteiger partial charge in [-0.15, -0.1) is 0 Å².